The maximum Gasteiger partial charge on any atom is 0.362 e. The van der Waals surface area contributed by atoms with E-state index in [1.165, 1.54) is 5.32 Å². The normalized spacial score (nSPS) is 10.7. The summed E-state index contributed by atoms with van der Waals surface area (Å²) in [4.78, 5) is 11.8. The number of quaternary nitrogens is 1. The zero-order chi connectivity index (χ0) is 18.5. The van der Waals surface area contributed by atoms with E-state index in [0.29, 0.717) is 23.9 Å². The van der Waals surface area contributed by atoms with Crippen LogP contribution in [0.3, 0.4) is 0 Å². The SMILES string of the molecule is C[NH2+]C(=O)c1cc(C)n(Cc2cc(Cl)ccc2OCc2ccccc2)n1. The summed E-state index contributed by atoms with van der Waals surface area (Å²) in [5.74, 6) is 0.668. The lowest BCUT2D eigenvalue weighted by Crippen LogP contribution is -2.84. The highest BCUT2D eigenvalue weighted by Crippen LogP contribution is 2.25. The standard InChI is InChI=1S/C20H20ClN3O2/c1-14-10-18(20(25)22-2)23-24(14)12-16-11-17(21)8-9-19(16)26-13-15-6-4-3-5-7-15/h3-11H,12-13H2,1-2H3,(H,22,25)/p+1. The average molecular weight is 371 g/mol. The molecule has 0 saturated heterocycles. The highest BCUT2D eigenvalue weighted by Gasteiger charge is 2.15. The highest BCUT2D eigenvalue weighted by atomic mass is 35.5. The molecule has 2 N–H and O–H groups in total. The number of carbonyl (C=O) groups is 1. The van der Waals surface area contributed by atoms with Crippen LogP contribution in [0.5, 0.6) is 5.75 Å². The Kier molecular flexibility index (Phi) is 5.71. The Morgan fingerprint density at radius 2 is 1.96 bits per heavy atom. The third kappa shape index (κ3) is 4.31. The number of primary amides is 1. The van der Waals surface area contributed by atoms with Crippen LogP contribution in [-0.4, -0.2) is 22.7 Å². The zero-order valence-corrected chi connectivity index (χ0v) is 15.5. The van der Waals surface area contributed by atoms with Crippen molar-refractivity contribution in [2.75, 3.05) is 7.05 Å². The quantitative estimate of drug-likeness (QED) is 0.725. The fourth-order valence-corrected chi connectivity index (χ4v) is 2.84. The highest BCUT2D eigenvalue weighted by molar-refractivity contribution is 6.30. The minimum atomic E-state index is -0.0847. The van der Waals surface area contributed by atoms with Crippen LogP contribution in [0.2, 0.25) is 5.02 Å². The van der Waals surface area contributed by atoms with E-state index in [0.717, 1.165) is 22.6 Å². The van der Waals surface area contributed by atoms with Crippen LogP contribution in [0.1, 0.15) is 27.3 Å². The molecule has 3 aromatic rings. The monoisotopic (exact) mass is 370 g/mol. The summed E-state index contributed by atoms with van der Waals surface area (Å²) in [6, 6.07) is 17.3. The number of hydrogen-bond donors (Lipinski definition) is 1. The minimum absolute atomic E-state index is 0.0847. The molecule has 134 valence electrons. The number of aromatic nitrogens is 2. The van der Waals surface area contributed by atoms with Gasteiger partial charge in [0.25, 0.3) is 0 Å². The van der Waals surface area contributed by atoms with Gasteiger partial charge in [0.1, 0.15) is 12.4 Å². The van der Waals surface area contributed by atoms with Gasteiger partial charge in [-0.2, -0.15) is 5.10 Å². The topological polar surface area (TPSA) is 60.7 Å². The van der Waals surface area contributed by atoms with Crippen LogP contribution in [-0.2, 0) is 13.2 Å². The van der Waals surface area contributed by atoms with E-state index in [9.17, 15) is 4.79 Å². The van der Waals surface area contributed by atoms with Crippen LogP contribution in [0, 0.1) is 6.92 Å². The van der Waals surface area contributed by atoms with Crippen molar-refractivity contribution in [1.82, 2.24) is 9.78 Å². The van der Waals surface area contributed by atoms with Crippen LogP contribution in [0.15, 0.2) is 54.6 Å². The van der Waals surface area contributed by atoms with Gasteiger partial charge in [-0.15, -0.1) is 0 Å². The molecule has 26 heavy (non-hydrogen) atoms. The predicted molar refractivity (Wildman–Crippen MR) is 100 cm³/mol. The number of nitrogens with two attached hydrogens (primary N) is 1. The van der Waals surface area contributed by atoms with Gasteiger partial charge in [-0.25, -0.2) is 4.79 Å². The van der Waals surface area contributed by atoms with E-state index in [4.69, 9.17) is 16.3 Å². The first-order valence-electron chi connectivity index (χ1n) is 8.40. The third-order valence-corrected chi connectivity index (χ3v) is 4.31. The first-order chi connectivity index (χ1) is 12.6. The van der Waals surface area contributed by atoms with Gasteiger partial charge in [-0.1, -0.05) is 41.9 Å². The van der Waals surface area contributed by atoms with Crippen LogP contribution in [0.25, 0.3) is 0 Å². The molecule has 0 unspecified atom stereocenters. The second kappa shape index (κ2) is 8.17. The molecule has 1 heterocycles. The van der Waals surface area contributed by atoms with Crippen LogP contribution >= 0.6 is 11.6 Å². The largest absolute Gasteiger partial charge is 0.489 e. The molecular formula is C20H21ClN3O2+. The first-order valence-corrected chi connectivity index (χ1v) is 8.78. The van der Waals surface area contributed by atoms with Crippen LogP contribution < -0.4 is 10.1 Å². The molecule has 1 amide bonds. The molecule has 1 aromatic heterocycles. The predicted octanol–water partition coefficient (Wildman–Crippen LogP) is 2.81. The summed E-state index contributed by atoms with van der Waals surface area (Å²) in [5.41, 5.74) is 3.36. The number of benzene rings is 2. The van der Waals surface area contributed by atoms with Gasteiger partial charge in [-0.3, -0.25) is 10.00 Å². The molecule has 0 bridgehead atoms. The summed E-state index contributed by atoms with van der Waals surface area (Å²) in [7, 11) is 1.71. The molecule has 2 aromatic carbocycles. The fraction of sp³-hybridized carbons (Fsp3) is 0.200. The molecule has 0 saturated carbocycles. The fourth-order valence-electron chi connectivity index (χ4n) is 2.65. The lowest BCUT2D eigenvalue weighted by Gasteiger charge is -2.13. The number of aryl methyl sites for hydroxylation is 1. The number of hydrogen-bond acceptors (Lipinski definition) is 3. The Balaban J connectivity index is 1.82. The van der Waals surface area contributed by atoms with Gasteiger partial charge in [-0.05, 0) is 36.8 Å². The van der Waals surface area contributed by atoms with Gasteiger partial charge in [0, 0.05) is 16.3 Å². The number of carbonyl (C=O) groups excluding carboxylic acids is 1. The number of nitrogens with zero attached hydrogens (tertiary/aromatic N) is 2. The van der Waals surface area contributed by atoms with Crippen molar-refractivity contribution in [3.8, 4) is 5.75 Å². The Labute approximate surface area is 157 Å². The van der Waals surface area contributed by atoms with Gasteiger partial charge >= 0.3 is 5.91 Å². The molecule has 5 nitrogen and oxygen atoms in total. The summed E-state index contributed by atoms with van der Waals surface area (Å²) < 4.78 is 7.78. The van der Waals surface area contributed by atoms with Crippen LogP contribution in [0.4, 0.5) is 0 Å². The van der Waals surface area contributed by atoms with Gasteiger partial charge in [0.05, 0.1) is 13.6 Å². The Hall–Kier alpha value is -2.63. The number of amides is 1. The molecule has 0 aliphatic carbocycles. The van der Waals surface area contributed by atoms with Crippen molar-refractivity contribution in [2.24, 2.45) is 0 Å². The molecule has 0 aliphatic rings. The molecular weight excluding hydrogens is 350 g/mol. The maximum absolute atomic E-state index is 11.8. The summed E-state index contributed by atoms with van der Waals surface area (Å²) in [6.45, 7) is 2.88. The van der Waals surface area contributed by atoms with Crippen molar-refractivity contribution in [2.45, 2.75) is 20.1 Å². The number of ether oxygens (including phenoxy) is 1. The lowest BCUT2D eigenvalue weighted by molar-refractivity contribution is -0.523. The van der Waals surface area contributed by atoms with Crippen molar-refractivity contribution < 1.29 is 14.8 Å². The third-order valence-electron chi connectivity index (χ3n) is 4.08. The second-order valence-corrected chi connectivity index (χ2v) is 6.44. The average Bonchev–Trinajstić information content (AvgIpc) is 3.02. The van der Waals surface area contributed by atoms with E-state index in [-0.39, 0.29) is 5.91 Å². The van der Waals surface area contributed by atoms with E-state index in [2.05, 4.69) is 5.10 Å². The Morgan fingerprint density at radius 1 is 1.19 bits per heavy atom. The molecule has 0 spiro atoms. The lowest BCUT2D eigenvalue weighted by atomic mass is 10.2. The van der Waals surface area contributed by atoms with E-state index in [1.807, 2.05) is 55.5 Å². The molecule has 0 aliphatic heterocycles. The number of halogens is 1. The Morgan fingerprint density at radius 3 is 2.69 bits per heavy atom. The van der Waals surface area contributed by atoms with Crippen molar-refractivity contribution in [3.63, 3.8) is 0 Å². The van der Waals surface area contributed by atoms with Crippen molar-refractivity contribution in [3.05, 3.63) is 82.1 Å². The van der Waals surface area contributed by atoms with Crippen molar-refractivity contribution in [1.29, 1.82) is 0 Å². The summed E-state index contributed by atoms with van der Waals surface area (Å²) in [6.07, 6.45) is 0. The van der Waals surface area contributed by atoms with Gasteiger partial charge < -0.3 is 4.74 Å². The molecule has 0 fully saturated rings. The number of rotatable bonds is 6. The summed E-state index contributed by atoms with van der Waals surface area (Å²) >= 11 is 6.17. The zero-order valence-electron chi connectivity index (χ0n) is 14.8. The molecule has 6 heteroatoms. The molecule has 0 radical (unpaired) electrons. The van der Waals surface area contributed by atoms with E-state index >= 15 is 0 Å². The second-order valence-electron chi connectivity index (χ2n) is 6.01. The molecule has 0 atom stereocenters. The molecule has 3 rings (SSSR count). The first kappa shape index (κ1) is 18.2. The van der Waals surface area contributed by atoms with Crippen molar-refractivity contribution >= 4 is 17.5 Å². The maximum atomic E-state index is 11.8. The van der Waals surface area contributed by atoms with Gasteiger partial charge in [0.15, 0.2) is 5.69 Å². The Bertz CT molecular complexity index is 907. The van der Waals surface area contributed by atoms with Gasteiger partial charge in [0.2, 0.25) is 0 Å². The summed E-state index contributed by atoms with van der Waals surface area (Å²) in [5, 5.41) is 6.55. The smallest absolute Gasteiger partial charge is 0.362 e. The van der Waals surface area contributed by atoms with E-state index in [1.54, 1.807) is 17.8 Å². The van der Waals surface area contributed by atoms with E-state index < -0.39 is 0 Å². The minimum Gasteiger partial charge on any atom is -0.489 e.